The number of hydrogen-bond donors (Lipinski definition) is 2. The van der Waals surface area contributed by atoms with Gasteiger partial charge in [-0.05, 0) is 54.7 Å². The van der Waals surface area contributed by atoms with Crippen molar-refractivity contribution < 1.29 is 4.39 Å². The number of imidazole rings is 1. The zero-order valence-electron chi connectivity index (χ0n) is 10.5. The van der Waals surface area contributed by atoms with E-state index in [1.54, 1.807) is 6.07 Å². The maximum absolute atomic E-state index is 13.3. The molecule has 1 aromatic heterocycles. The highest BCUT2D eigenvalue weighted by atomic mass is 32.1. The summed E-state index contributed by atoms with van der Waals surface area (Å²) in [6, 6.07) is 5.33. The van der Waals surface area contributed by atoms with Crippen LogP contribution >= 0.6 is 12.2 Å². The minimum Gasteiger partial charge on any atom is -0.337 e. The SMILES string of the molecule is NCc1c[nH]c(=S)n1C1CCc2ccc(F)cc2C1. The van der Waals surface area contributed by atoms with Gasteiger partial charge in [0.1, 0.15) is 5.82 Å². The molecule has 0 aliphatic heterocycles. The Morgan fingerprint density at radius 2 is 2.26 bits per heavy atom. The fourth-order valence-corrected chi connectivity index (χ4v) is 3.22. The Bertz CT molecular complexity index is 659. The van der Waals surface area contributed by atoms with Crippen LogP contribution in [0.1, 0.15) is 29.3 Å². The van der Waals surface area contributed by atoms with E-state index in [0.717, 1.165) is 30.5 Å². The molecule has 3 nitrogen and oxygen atoms in total. The number of nitrogens with zero attached hydrogens (tertiary/aromatic N) is 1. The molecule has 1 aliphatic carbocycles. The average Bonchev–Trinajstić information content (AvgIpc) is 2.79. The molecular weight excluding hydrogens is 261 g/mol. The number of aromatic nitrogens is 2. The van der Waals surface area contributed by atoms with Gasteiger partial charge in [0.05, 0.1) is 5.69 Å². The molecule has 1 atom stereocenters. The van der Waals surface area contributed by atoms with Crippen LogP contribution in [0, 0.1) is 10.6 Å². The van der Waals surface area contributed by atoms with Crippen molar-refractivity contribution >= 4 is 12.2 Å². The van der Waals surface area contributed by atoms with Crippen molar-refractivity contribution in [2.24, 2.45) is 5.73 Å². The van der Waals surface area contributed by atoms with Crippen LogP contribution in [0.5, 0.6) is 0 Å². The van der Waals surface area contributed by atoms with Crippen LogP contribution in [0.15, 0.2) is 24.4 Å². The third kappa shape index (κ3) is 2.24. The van der Waals surface area contributed by atoms with Gasteiger partial charge in [-0.3, -0.25) is 0 Å². The maximum atomic E-state index is 13.3. The second kappa shape index (κ2) is 4.90. The third-order valence-electron chi connectivity index (χ3n) is 3.84. The maximum Gasteiger partial charge on any atom is 0.177 e. The minimum atomic E-state index is -0.170. The van der Waals surface area contributed by atoms with Crippen LogP contribution in [-0.2, 0) is 19.4 Å². The second-order valence-corrected chi connectivity index (χ2v) is 5.36. The summed E-state index contributed by atoms with van der Waals surface area (Å²) in [6.45, 7) is 0.458. The molecule has 0 fully saturated rings. The number of hydrogen-bond acceptors (Lipinski definition) is 2. The molecular formula is C14H16FN3S. The third-order valence-corrected chi connectivity index (χ3v) is 4.15. The summed E-state index contributed by atoms with van der Waals surface area (Å²) in [5.74, 6) is -0.170. The van der Waals surface area contributed by atoms with E-state index in [0.29, 0.717) is 11.3 Å². The number of nitrogens with one attached hydrogen (secondary N) is 1. The Kier molecular flexibility index (Phi) is 3.24. The fraction of sp³-hybridized carbons (Fsp3) is 0.357. The summed E-state index contributed by atoms with van der Waals surface area (Å²) >= 11 is 5.32. The van der Waals surface area contributed by atoms with Crippen molar-refractivity contribution in [3.05, 3.63) is 51.8 Å². The molecule has 1 aliphatic rings. The zero-order valence-corrected chi connectivity index (χ0v) is 11.3. The van der Waals surface area contributed by atoms with Crippen molar-refractivity contribution in [2.45, 2.75) is 31.8 Å². The quantitative estimate of drug-likeness (QED) is 0.829. The van der Waals surface area contributed by atoms with E-state index in [9.17, 15) is 4.39 Å². The molecule has 1 unspecified atom stereocenters. The van der Waals surface area contributed by atoms with E-state index in [4.69, 9.17) is 18.0 Å². The molecule has 0 saturated heterocycles. The van der Waals surface area contributed by atoms with Crippen LogP contribution in [0.4, 0.5) is 4.39 Å². The molecule has 0 bridgehead atoms. The zero-order chi connectivity index (χ0) is 13.4. The smallest absolute Gasteiger partial charge is 0.177 e. The molecule has 3 N–H and O–H groups in total. The van der Waals surface area contributed by atoms with Crippen molar-refractivity contribution in [1.82, 2.24) is 9.55 Å². The highest BCUT2D eigenvalue weighted by Crippen LogP contribution is 2.30. The van der Waals surface area contributed by atoms with Gasteiger partial charge in [0.15, 0.2) is 4.77 Å². The summed E-state index contributed by atoms with van der Waals surface area (Å²) in [5.41, 5.74) is 9.08. The van der Waals surface area contributed by atoms with Crippen molar-refractivity contribution in [3.8, 4) is 0 Å². The number of rotatable bonds is 2. The molecule has 5 heteroatoms. The van der Waals surface area contributed by atoms with E-state index in [1.807, 2.05) is 12.3 Å². The van der Waals surface area contributed by atoms with E-state index in [1.165, 1.54) is 11.6 Å². The van der Waals surface area contributed by atoms with Gasteiger partial charge in [-0.25, -0.2) is 4.39 Å². The van der Waals surface area contributed by atoms with Crippen LogP contribution in [0.3, 0.4) is 0 Å². The number of halogens is 1. The Labute approximate surface area is 116 Å². The first kappa shape index (κ1) is 12.6. The first-order valence-electron chi connectivity index (χ1n) is 6.45. The largest absolute Gasteiger partial charge is 0.337 e. The van der Waals surface area contributed by atoms with Crippen molar-refractivity contribution in [3.63, 3.8) is 0 Å². The average molecular weight is 277 g/mol. The first-order chi connectivity index (χ1) is 9.19. The lowest BCUT2D eigenvalue weighted by Crippen LogP contribution is -2.21. The molecule has 19 heavy (non-hydrogen) atoms. The van der Waals surface area contributed by atoms with Crippen LogP contribution in [-0.4, -0.2) is 9.55 Å². The number of fused-ring (bicyclic) bond motifs is 1. The Morgan fingerprint density at radius 1 is 1.42 bits per heavy atom. The molecule has 0 spiro atoms. The van der Waals surface area contributed by atoms with Gasteiger partial charge in [0, 0.05) is 18.8 Å². The van der Waals surface area contributed by atoms with Crippen LogP contribution in [0.2, 0.25) is 0 Å². The van der Waals surface area contributed by atoms with E-state index < -0.39 is 0 Å². The minimum absolute atomic E-state index is 0.170. The Balaban J connectivity index is 1.97. The van der Waals surface area contributed by atoms with Gasteiger partial charge in [-0.2, -0.15) is 0 Å². The Morgan fingerprint density at radius 3 is 3.05 bits per heavy atom. The van der Waals surface area contributed by atoms with Gasteiger partial charge < -0.3 is 15.3 Å². The van der Waals surface area contributed by atoms with E-state index in [-0.39, 0.29) is 11.9 Å². The summed E-state index contributed by atoms with van der Waals surface area (Å²) in [6.07, 6.45) is 4.64. The molecule has 0 saturated carbocycles. The van der Waals surface area contributed by atoms with Gasteiger partial charge in [0.2, 0.25) is 0 Å². The normalized spacial score (nSPS) is 18.3. The lowest BCUT2D eigenvalue weighted by atomic mass is 9.88. The lowest BCUT2D eigenvalue weighted by molar-refractivity contribution is 0.425. The molecule has 2 aromatic rings. The van der Waals surface area contributed by atoms with Gasteiger partial charge in [-0.15, -0.1) is 0 Å². The summed E-state index contributed by atoms with van der Waals surface area (Å²) in [4.78, 5) is 3.04. The number of aryl methyl sites for hydroxylation is 1. The summed E-state index contributed by atoms with van der Waals surface area (Å²) in [5, 5.41) is 0. The molecule has 3 rings (SSSR count). The molecule has 100 valence electrons. The van der Waals surface area contributed by atoms with Gasteiger partial charge in [0.25, 0.3) is 0 Å². The van der Waals surface area contributed by atoms with Crippen molar-refractivity contribution in [2.75, 3.05) is 0 Å². The summed E-state index contributed by atoms with van der Waals surface area (Å²) < 4.78 is 16.1. The number of nitrogens with two attached hydrogens (primary N) is 1. The molecule has 0 radical (unpaired) electrons. The second-order valence-electron chi connectivity index (χ2n) is 4.97. The van der Waals surface area contributed by atoms with Crippen LogP contribution in [0.25, 0.3) is 0 Å². The van der Waals surface area contributed by atoms with Crippen molar-refractivity contribution in [1.29, 1.82) is 0 Å². The number of benzene rings is 1. The standard InChI is InChI=1S/C14H16FN3S/c15-11-3-1-9-2-4-12(6-10(9)5-11)18-13(7-16)8-17-14(18)19/h1,3,5,8,12H,2,4,6-7,16H2,(H,17,19). The predicted molar refractivity (Wildman–Crippen MR) is 75.0 cm³/mol. The van der Waals surface area contributed by atoms with Gasteiger partial charge >= 0.3 is 0 Å². The van der Waals surface area contributed by atoms with Crippen LogP contribution < -0.4 is 5.73 Å². The molecule has 1 aromatic carbocycles. The summed E-state index contributed by atoms with van der Waals surface area (Å²) in [7, 11) is 0. The predicted octanol–water partition coefficient (Wildman–Crippen LogP) is 2.87. The van der Waals surface area contributed by atoms with E-state index in [2.05, 4.69) is 9.55 Å². The fourth-order valence-electron chi connectivity index (χ4n) is 2.90. The lowest BCUT2D eigenvalue weighted by Gasteiger charge is -2.27. The van der Waals surface area contributed by atoms with E-state index >= 15 is 0 Å². The highest BCUT2D eigenvalue weighted by Gasteiger charge is 2.22. The number of aromatic amines is 1. The highest BCUT2D eigenvalue weighted by molar-refractivity contribution is 7.71. The Hall–Kier alpha value is -1.46. The number of H-pyrrole nitrogens is 1. The first-order valence-corrected chi connectivity index (χ1v) is 6.86. The van der Waals surface area contributed by atoms with Gasteiger partial charge in [-0.1, -0.05) is 6.07 Å². The molecule has 1 heterocycles. The topological polar surface area (TPSA) is 46.7 Å². The monoisotopic (exact) mass is 277 g/mol. The molecule has 0 amide bonds.